The zero-order valence-corrected chi connectivity index (χ0v) is 13.9. The molecule has 0 saturated heterocycles. The van der Waals surface area contributed by atoms with Crippen molar-refractivity contribution in [1.29, 1.82) is 0 Å². The van der Waals surface area contributed by atoms with E-state index < -0.39 is 0 Å². The molecule has 6 nitrogen and oxygen atoms in total. The number of nitrogens with one attached hydrogen (secondary N) is 1. The highest BCUT2D eigenvalue weighted by Crippen LogP contribution is 2.09. The Balaban J connectivity index is 2.33. The van der Waals surface area contributed by atoms with Gasteiger partial charge in [-0.15, -0.1) is 0 Å². The second kappa shape index (κ2) is 9.97. The molecule has 1 aromatic heterocycles. The standard InChI is InChI=1S/C16H27N3O3/c1-4-6-7-8-9-10-16(21)19(5-2)12-15(20)17-14-11-13(3)22-18-14/h11H,4-10,12H2,1-3H3,(H,17,18,20). The Labute approximate surface area is 132 Å². The number of hydrogen-bond donors (Lipinski definition) is 1. The van der Waals surface area contributed by atoms with Crippen LogP contribution in [0, 0.1) is 6.92 Å². The monoisotopic (exact) mass is 309 g/mol. The first-order valence-electron chi connectivity index (χ1n) is 8.07. The SMILES string of the molecule is CCCCCCCC(=O)N(CC)CC(=O)Nc1cc(C)on1. The summed E-state index contributed by atoms with van der Waals surface area (Å²) in [6, 6.07) is 1.64. The maximum atomic E-state index is 12.1. The van der Waals surface area contributed by atoms with Gasteiger partial charge < -0.3 is 14.7 Å². The maximum Gasteiger partial charge on any atom is 0.245 e. The van der Waals surface area contributed by atoms with Gasteiger partial charge in [0.1, 0.15) is 5.76 Å². The highest BCUT2D eigenvalue weighted by Gasteiger charge is 2.16. The molecule has 0 spiro atoms. The van der Waals surface area contributed by atoms with Gasteiger partial charge in [0.05, 0.1) is 6.54 Å². The van der Waals surface area contributed by atoms with Crippen LogP contribution < -0.4 is 5.32 Å². The molecule has 0 fully saturated rings. The molecule has 0 aliphatic heterocycles. The molecule has 6 heteroatoms. The van der Waals surface area contributed by atoms with Gasteiger partial charge in [-0.05, 0) is 20.3 Å². The van der Waals surface area contributed by atoms with E-state index in [2.05, 4.69) is 17.4 Å². The minimum Gasteiger partial charge on any atom is -0.360 e. The third kappa shape index (κ3) is 6.74. The fraction of sp³-hybridized carbons (Fsp3) is 0.688. The average molecular weight is 309 g/mol. The van der Waals surface area contributed by atoms with Crippen LogP contribution in [0.25, 0.3) is 0 Å². The molecule has 0 aromatic carbocycles. The van der Waals surface area contributed by atoms with Gasteiger partial charge in [0, 0.05) is 19.0 Å². The first-order chi connectivity index (χ1) is 10.6. The highest BCUT2D eigenvalue weighted by molar-refractivity contribution is 5.93. The second-order valence-corrected chi connectivity index (χ2v) is 5.44. The van der Waals surface area contributed by atoms with Crippen LogP contribution in [-0.2, 0) is 9.59 Å². The molecule has 0 unspecified atom stereocenters. The summed E-state index contributed by atoms with van der Waals surface area (Å²) in [6.07, 6.45) is 6.04. The predicted octanol–water partition coefficient (Wildman–Crippen LogP) is 3.13. The topological polar surface area (TPSA) is 75.4 Å². The van der Waals surface area contributed by atoms with Crippen LogP contribution in [0.15, 0.2) is 10.6 Å². The number of aryl methyl sites for hydroxylation is 1. The van der Waals surface area contributed by atoms with Crippen LogP contribution in [0.4, 0.5) is 5.82 Å². The summed E-state index contributed by atoms with van der Waals surface area (Å²) in [5, 5.41) is 6.33. The van der Waals surface area contributed by atoms with Gasteiger partial charge in [-0.1, -0.05) is 37.8 Å². The van der Waals surface area contributed by atoms with Gasteiger partial charge in [-0.2, -0.15) is 0 Å². The molecule has 22 heavy (non-hydrogen) atoms. The number of aromatic nitrogens is 1. The second-order valence-electron chi connectivity index (χ2n) is 5.44. The van der Waals surface area contributed by atoms with E-state index in [-0.39, 0.29) is 18.4 Å². The summed E-state index contributed by atoms with van der Waals surface area (Å²) in [6.45, 7) is 6.37. The molecule has 1 rings (SSSR count). The number of anilines is 1. The molecule has 124 valence electrons. The lowest BCUT2D eigenvalue weighted by molar-refractivity contribution is -0.134. The molecule has 0 aliphatic carbocycles. The van der Waals surface area contributed by atoms with Gasteiger partial charge >= 0.3 is 0 Å². The Hall–Kier alpha value is -1.85. The smallest absolute Gasteiger partial charge is 0.245 e. The van der Waals surface area contributed by atoms with Crippen LogP contribution in [-0.4, -0.2) is 35.0 Å². The van der Waals surface area contributed by atoms with Crippen molar-refractivity contribution in [3.63, 3.8) is 0 Å². The molecule has 1 heterocycles. The minimum absolute atomic E-state index is 0.0329. The third-order valence-corrected chi connectivity index (χ3v) is 3.46. The number of likely N-dealkylation sites (N-methyl/N-ethyl adjacent to an activating group) is 1. The van der Waals surface area contributed by atoms with Crippen LogP contribution in [0.1, 0.15) is 58.1 Å². The van der Waals surface area contributed by atoms with Crippen molar-refractivity contribution >= 4 is 17.6 Å². The predicted molar refractivity (Wildman–Crippen MR) is 85.5 cm³/mol. The van der Waals surface area contributed by atoms with Crippen molar-refractivity contribution in [2.75, 3.05) is 18.4 Å². The lowest BCUT2D eigenvalue weighted by atomic mass is 10.1. The average Bonchev–Trinajstić information content (AvgIpc) is 2.89. The molecule has 0 bridgehead atoms. The molecule has 0 saturated carbocycles. The van der Waals surface area contributed by atoms with Crippen molar-refractivity contribution in [2.24, 2.45) is 0 Å². The molecule has 0 atom stereocenters. The fourth-order valence-corrected chi connectivity index (χ4v) is 2.20. The van der Waals surface area contributed by atoms with Crippen molar-refractivity contribution in [2.45, 2.75) is 59.3 Å². The Morgan fingerprint density at radius 3 is 2.55 bits per heavy atom. The van der Waals surface area contributed by atoms with E-state index in [1.807, 2.05) is 6.92 Å². The van der Waals surface area contributed by atoms with Gasteiger partial charge in [0.2, 0.25) is 11.8 Å². The van der Waals surface area contributed by atoms with Gasteiger partial charge in [0.15, 0.2) is 5.82 Å². The van der Waals surface area contributed by atoms with Gasteiger partial charge in [-0.25, -0.2) is 0 Å². The largest absolute Gasteiger partial charge is 0.360 e. The van der Waals surface area contributed by atoms with Crippen molar-refractivity contribution < 1.29 is 14.1 Å². The Kier molecular flexibility index (Phi) is 8.25. The van der Waals surface area contributed by atoms with E-state index in [1.165, 1.54) is 19.3 Å². The lowest BCUT2D eigenvalue weighted by Gasteiger charge is -2.20. The van der Waals surface area contributed by atoms with Crippen LogP contribution in [0.2, 0.25) is 0 Å². The first kappa shape index (κ1) is 18.2. The van der Waals surface area contributed by atoms with Crippen LogP contribution in [0.3, 0.4) is 0 Å². The Bertz CT molecular complexity index is 471. The summed E-state index contributed by atoms with van der Waals surface area (Å²) >= 11 is 0. The number of rotatable bonds is 10. The van der Waals surface area contributed by atoms with Gasteiger partial charge in [-0.3, -0.25) is 9.59 Å². The number of carbonyl (C=O) groups is 2. The summed E-state index contributed by atoms with van der Waals surface area (Å²) < 4.78 is 4.88. The number of amides is 2. The number of carbonyl (C=O) groups excluding carboxylic acids is 2. The highest BCUT2D eigenvalue weighted by atomic mass is 16.5. The summed E-state index contributed by atoms with van der Waals surface area (Å²) in [4.78, 5) is 25.6. The molecular weight excluding hydrogens is 282 g/mol. The lowest BCUT2D eigenvalue weighted by Crippen LogP contribution is -2.37. The number of nitrogens with zero attached hydrogens (tertiary/aromatic N) is 2. The van der Waals surface area contributed by atoms with Gasteiger partial charge in [0.25, 0.3) is 0 Å². The summed E-state index contributed by atoms with van der Waals surface area (Å²) in [5.74, 6) is 0.788. The van der Waals surface area contributed by atoms with E-state index >= 15 is 0 Å². The zero-order valence-electron chi connectivity index (χ0n) is 13.9. The number of hydrogen-bond acceptors (Lipinski definition) is 4. The molecule has 1 aromatic rings. The maximum absolute atomic E-state index is 12.1. The van der Waals surface area contributed by atoms with Crippen molar-refractivity contribution in [3.05, 3.63) is 11.8 Å². The molecule has 1 N–H and O–H groups in total. The zero-order chi connectivity index (χ0) is 16.4. The molecule has 0 radical (unpaired) electrons. The normalized spacial score (nSPS) is 10.5. The van der Waals surface area contributed by atoms with E-state index in [4.69, 9.17) is 4.52 Å². The quantitative estimate of drug-likeness (QED) is 0.674. The number of unbranched alkanes of at least 4 members (excludes halogenated alkanes) is 4. The summed E-state index contributed by atoms with van der Waals surface area (Å²) in [7, 11) is 0. The third-order valence-electron chi connectivity index (χ3n) is 3.46. The van der Waals surface area contributed by atoms with E-state index in [0.717, 1.165) is 12.8 Å². The fourth-order valence-electron chi connectivity index (χ4n) is 2.20. The van der Waals surface area contributed by atoms with E-state index in [9.17, 15) is 9.59 Å². The molecular formula is C16H27N3O3. The molecule has 0 aliphatic rings. The van der Waals surface area contributed by atoms with Crippen molar-refractivity contribution in [1.82, 2.24) is 10.1 Å². The van der Waals surface area contributed by atoms with E-state index in [0.29, 0.717) is 24.5 Å². The Morgan fingerprint density at radius 2 is 1.95 bits per heavy atom. The minimum atomic E-state index is -0.255. The Morgan fingerprint density at radius 1 is 1.23 bits per heavy atom. The van der Waals surface area contributed by atoms with Crippen LogP contribution in [0.5, 0.6) is 0 Å². The van der Waals surface area contributed by atoms with E-state index in [1.54, 1.807) is 17.9 Å². The van der Waals surface area contributed by atoms with Crippen LogP contribution >= 0.6 is 0 Å². The summed E-state index contributed by atoms with van der Waals surface area (Å²) in [5.41, 5.74) is 0. The van der Waals surface area contributed by atoms with Crippen molar-refractivity contribution in [3.8, 4) is 0 Å². The molecule has 2 amide bonds. The first-order valence-corrected chi connectivity index (χ1v) is 8.07.